The van der Waals surface area contributed by atoms with Gasteiger partial charge in [-0.15, -0.1) is 0 Å². The van der Waals surface area contributed by atoms with Gasteiger partial charge in [-0.1, -0.05) is 34.1 Å². The van der Waals surface area contributed by atoms with Gasteiger partial charge < -0.3 is 9.47 Å². The Balaban J connectivity index is -0.0000000431. The molecule has 13 heavy (non-hydrogen) atoms. The lowest BCUT2D eigenvalue weighted by Gasteiger charge is -1.67. The van der Waals surface area contributed by atoms with E-state index in [-0.39, 0.29) is 0 Å². The molecule has 0 atom stereocenters. The van der Waals surface area contributed by atoms with Crippen molar-refractivity contribution in [1.82, 2.24) is 0 Å². The van der Waals surface area contributed by atoms with E-state index in [1.165, 1.54) is 20.6 Å². The molecule has 0 radical (unpaired) electrons. The Morgan fingerprint density at radius 3 is 1.00 bits per heavy atom. The Morgan fingerprint density at radius 1 is 0.923 bits per heavy atom. The SMILES string of the molecule is CC.CCC.COC=O.COC=O. The zero-order valence-electron chi connectivity index (χ0n) is 9.49. The zero-order chi connectivity index (χ0) is 11.5. The van der Waals surface area contributed by atoms with Crippen LogP contribution in [0.5, 0.6) is 0 Å². The van der Waals surface area contributed by atoms with Gasteiger partial charge >= 0.3 is 0 Å². The minimum atomic E-state index is 0.375. The van der Waals surface area contributed by atoms with Gasteiger partial charge in [-0.25, -0.2) is 0 Å². The molecule has 0 N–H and O–H groups in total. The summed E-state index contributed by atoms with van der Waals surface area (Å²) >= 11 is 0. The second-order valence-electron chi connectivity index (χ2n) is 1.37. The summed E-state index contributed by atoms with van der Waals surface area (Å²) in [6.45, 7) is 9.00. The highest BCUT2D eigenvalue weighted by Gasteiger charge is 1.44. The first-order chi connectivity index (χ1) is 6.24. The largest absolute Gasteiger partial charge is 0.471 e. The summed E-state index contributed by atoms with van der Waals surface area (Å²) < 4.78 is 7.72. The molecule has 0 fully saturated rings. The molecule has 0 aliphatic rings. The van der Waals surface area contributed by atoms with Gasteiger partial charge in [-0.05, 0) is 0 Å². The molecule has 0 aromatic rings. The fourth-order valence-corrected chi connectivity index (χ4v) is 0. The van der Waals surface area contributed by atoms with Crippen LogP contribution >= 0.6 is 0 Å². The van der Waals surface area contributed by atoms with Crippen molar-refractivity contribution in [3.05, 3.63) is 0 Å². The first-order valence-electron chi connectivity index (χ1n) is 4.17. The van der Waals surface area contributed by atoms with Gasteiger partial charge in [0, 0.05) is 0 Å². The van der Waals surface area contributed by atoms with Crippen molar-refractivity contribution >= 4 is 12.9 Å². The van der Waals surface area contributed by atoms with Gasteiger partial charge in [0.25, 0.3) is 12.9 Å². The number of ether oxygens (including phenoxy) is 2. The van der Waals surface area contributed by atoms with E-state index in [1.807, 2.05) is 13.8 Å². The second-order valence-corrected chi connectivity index (χ2v) is 1.37. The summed E-state index contributed by atoms with van der Waals surface area (Å²) in [6, 6.07) is 0. The van der Waals surface area contributed by atoms with Crippen molar-refractivity contribution in [1.29, 1.82) is 0 Å². The number of rotatable bonds is 2. The Hall–Kier alpha value is -1.06. The molecule has 0 amide bonds. The van der Waals surface area contributed by atoms with Crippen LogP contribution < -0.4 is 0 Å². The maximum Gasteiger partial charge on any atom is 0.292 e. The lowest BCUT2D eigenvalue weighted by atomic mass is 10.6. The number of carbonyl (C=O) groups is 2. The van der Waals surface area contributed by atoms with E-state index in [4.69, 9.17) is 9.59 Å². The fourth-order valence-electron chi connectivity index (χ4n) is 0. The van der Waals surface area contributed by atoms with Crippen molar-refractivity contribution in [3.63, 3.8) is 0 Å². The lowest BCUT2D eigenvalue weighted by Crippen LogP contribution is -1.68. The Morgan fingerprint density at radius 2 is 1.00 bits per heavy atom. The highest BCUT2D eigenvalue weighted by Crippen LogP contribution is 1.56. The third-order valence-corrected chi connectivity index (χ3v) is 0.192. The summed E-state index contributed by atoms with van der Waals surface area (Å²) in [7, 11) is 2.62. The second kappa shape index (κ2) is 69.6. The van der Waals surface area contributed by atoms with E-state index in [1.54, 1.807) is 0 Å². The van der Waals surface area contributed by atoms with E-state index in [2.05, 4.69) is 23.3 Å². The minimum absolute atomic E-state index is 0.375. The first kappa shape index (κ1) is 22.7. The van der Waals surface area contributed by atoms with Crippen molar-refractivity contribution in [2.45, 2.75) is 34.1 Å². The molecule has 4 heteroatoms. The Kier molecular flexibility index (Phi) is 121. The minimum Gasteiger partial charge on any atom is -0.471 e. The highest BCUT2D eigenvalue weighted by molar-refractivity contribution is 5.36. The molecule has 0 saturated carbocycles. The molecule has 0 aliphatic heterocycles. The van der Waals surface area contributed by atoms with Crippen LogP contribution in [0.15, 0.2) is 0 Å². The Labute approximate surface area is 81.2 Å². The molecule has 0 aromatic carbocycles. The molecular formula is C9H22O4. The average Bonchev–Trinajstić information content (AvgIpc) is 2.22. The first-order valence-corrected chi connectivity index (χ1v) is 4.17. The van der Waals surface area contributed by atoms with E-state index in [0.29, 0.717) is 12.9 Å². The summed E-state index contributed by atoms with van der Waals surface area (Å²) in [4.78, 5) is 17.9. The van der Waals surface area contributed by atoms with E-state index in [0.717, 1.165) is 0 Å². The van der Waals surface area contributed by atoms with Crippen LogP contribution in [0, 0.1) is 0 Å². The number of hydrogen-bond donors (Lipinski definition) is 0. The zero-order valence-corrected chi connectivity index (χ0v) is 9.49. The third-order valence-electron chi connectivity index (χ3n) is 0.192. The fraction of sp³-hybridized carbons (Fsp3) is 0.778. The van der Waals surface area contributed by atoms with E-state index in [9.17, 15) is 0 Å². The van der Waals surface area contributed by atoms with Crippen LogP contribution in [-0.4, -0.2) is 27.2 Å². The van der Waals surface area contributed by atoms with Gasteiger partial charge in [0.2, 0.25) is 0 Å². The maximum atomic E-state index is 8.95. The molecular weight excluding hydrogens is 172 g/mol. The summed E-state index contributed by atoms with van der Waals surface area (Å²) in [5, 5.41) is 0. The molecule has 0 unspecified atom stereocenters. The molecule has 0 aromatic heterocycles. The van der Waals surface area contributed by atoms with Gasteiger partial charge in [0.1, 0.15) is 0 Å². The van der Waals surface area contributed by atoms with E-state index < -0.39 is 0 Å². The predicted octanol–water partition coefficient (Wildman–Crippen LogP) is 2.02. The molecule has 0 saturated heterocycles. The average molecular weight is 194 g/mol. The van der Waals surface area contributed by atoms with Crippen LogP contribution in [-0.2, 0) is 19.1 Å². The summed E-state index contributed by atoms with van der Waals surface area (Å²) in [6.07, 6.45) is 1.25. The monoisotopic (exact) mass is 194 g/mol. The van der Waals surface area contributed by atoms with Gasteiger partial charge in [0.15, 0.2) is 0 Å². The van der Waals surface area contributed by atoms with Crippen molar-refractivity contribution in [2.24, 2.45) is 0 Å². The maximum absolute atomic E-state index is 8.95. The van der Waals surface area contributed by atoms with Crippen LogP contribution in [0.2, 0.25) is 0 Å². The van der Waals surface area contributed by atoms with Crippen LogP contribution in [0.1, 0.15) is 34.1 Å². The normalized spacial score (nSPS) is 5.08. The van der Waals surface area contributed by atoms with Crippen molar-refractivity contribution in [2.75, 3.05) is 14.2 Å². The predicted molar refractivity (Wildman–Crippen MR) is 53.5 cm³/mol. The highest BCUT2D eigenvalue weighted by atomic mass is 16.5. The van der Waals surface area contributed by atoms with Gasteiger partial charge in [-0.2, -0.15) is 0 Å². The van der Waals surface area contributed by atoms with Gasteiger partial charge in [0.05, 0.1) is 14.2 Å². The molecule has 0 aliphatic carbocycles. The van der Waals surface area contributed by atoms with Crippen LogP contribution in [0.3, 0.4) is 0 Å². The van der Waals surface area contributed by atoms with Crippen molar-refractivity contribution in [3.8, 4) is 0 Å². The lowest BCUT2D eigenvalue weighted by molar-refractivity contribution is -0.126. The molecule has 0 bridgehead atoms. The third kappa shape index (κ3) is 990. The number of carbonyl (C=O) groups excluding carboxylic acids is 2. The molecule has 0 heterocycles. The molecule has 82 valence electrons. The van der Waals surface area contributed by atoms with Gasteiger partial charge in [-0.3, -0.25) is 9.59 Å². The Bertz CT molecular complexity index is 56.6. The molecule has 0 spiro atoms. The quantitative estimate of drug-likeness (QED) is 0.631. The molecule has 0 rings (SSSR count). The van der Waals surface area contributed by atoms with Crippen LogP contribution in [0.25, 0.3) is 0 Å². The van der Waals surface area contributed by atoms with E-state index >= 15 is 0 Å². The summed E-state index contributed by atoms with van der Waals surface area (Å²) in [5.74, 6) is 0. The van der Waals surface area contributed by atoms with Crippen LogP contribution in [0.4, 0.5) is 0 Å². The summed E-state index contributed by atoms with van der Waals surface area (Å²) in [5.41, 5.74) is 0. The number of methoxy groups -OCH3 is 2. The number of hydrogen-bond acceptors (Lipinski definition) is 4. The smallest absolute Gasteiger partial charge is 0.292 e. The standard InChI is InChI=1S/C3H8.2C2H4O2.C2H6/c1-3-2;2*1-4-2-3;1-2/h3H2,1-2H3;2*2H,1H3;1-2H3. The van der Waals surface area contributed by atoms with Crippen molar-refractivity contribution < 1.29 is 19.1 Å². The molecule has 4 nitrogen and oxygen atoms in total. The topological polar surface area (TPSA) is 52.6 Å².